The molecule has 8 heteroatoms. The summed E-state index contributed by atoms with van der Waals surface area (Å²) in [4.78, 5) is 15.4. The maximum absolute atomic E-state index is 11.7. The molecule has 3 rings (SSSR count). The minimum Gasteiger partial charge on any atom is -0.493 e. The summed E-state index contributed by atoms with van der Waals surface area (Å²) in [7, 11) is -3.07. The third-order valence-electron chi connectivity index (χ3n) is 5.66. The van der Waals surface area contributed by atoms with E-state index in [-0.39, 0.29) is 24.5 Å². The molecule has 0 bridgehead atoms. The Kier molecular flexibility index (Phi) is 8.87. The van der Waals surface area contributed by atoms with E-state index in [4.69, 9.17) is 14.6 Å². The zero-order valence-electron chi connectivity index (χ0n) is 20.3. The minimum absolute atomic E-state index is 0.00554. The Balaban J connectivity index is 1.67. The third-order valence-corrected chi connectivity index (χ3v) is 7.33. The molecule has 2 aromatic rings. The van der Waals surface area contributed by atoms with Crippen LogP contribution in [0.25, 0.3) is 11.3 Å². The summed E-state index contributed by atoms with van der Waals surface area (Å²) in [6.07, 6.45) is 8.83. The summed E-state index contributed by atoms with van der Waals surface area (Å²) in [5, 5.41) is 8.81. The van der Waals surface area contributed by atoms with Gasteiger partial charge in [-0.05, 0) is 61.6 Å². The summed E-state index contributed by atoms with van der Waals surface area (Å²) in [5.41, 5.74) is 5.66. The Hall–Kier alpha value is -3.39. The molecular weight excluding hydrogens is 466 g/mol. The molecule has 0 spiro atoms. The molecule has 1 aliphatic rings. The van der Waals surface area contributed by atoms with Crippen LogP contribution in [0.1, 0.15) is 37.3 Å². The van der Waals surface area contributed by atoms with Crippen molar-refractivity contribution in [3.63, 3.8) is 0 Å². The number of pyridine rings is 1. The van der Waals surface area contributed by atoms with Gasteiger partial charge in [-0.2, -0.15) is 0 Å². The molecule has 186 valence electrons. The van der Waals surface area contributed by atoms with Crippen LogP contribution in [0, 0.1) is 13.8 Å². The molecule has 1 N–H and O–H groups in total. The third kappa shape index (κ3) is 7.82. The van der Waals surface area contributed by atoms with Gasteiger partial charge in [-0.1, -0.05) is 36.8 Å². The van der Waals surface area contributed by atoms with Crippen molar-refractivity contribution in [2.75, 3.05) is 18.1 Å². The minimum atomic E-state index is -3.07. The number of nitrogens with zero attached hydrogens (tertiary/aromatic N) is 1. The van der Waals surface area contributed by atoms with Crippen molar-refractivity contribution in [1.29, 1.82) is 0 Å². The van der Waals surface area contributed by atoms with E-state index in [9.17, 15) is 13.2 Å². The quantitative estimate of drug-likeness (QED) is 0.426. The lowest BCUT2D eigenvalue weighted by molar-refractivity contribution is -0.136. The first kappa shape index (κ1) is 26.2. The molecule has 0 saturated heterocycles. The number of ether oxygens (including phenoxy) is 2. The van der Waals surface area contributed by atoms with Crippen molar-refractivity contribution < 1.29 is 27.8 Å². The Morgan fingerprint density at radius 2 is 1.91 bits per heavy atom. The van der Waals surface area contributed by atoms with Gasteiger partial charge < -0.3 is 14.6 Å². The Bertz CT molecular complexity index is 1250. The van der Waals surface area contributed by atoms with Crippen LogP contribution in [-0.4, -0.2) is 42.6 Å². The highest BCUT2D eigenvalue weighted by atomic mass is 32.2. The van der Waals surface area contributed by atoms with E-state index >= 15 is 0 Å². The molecule has 0 aliphatic heterocycles. The zero-order chi connectivity index (χ0) is 25.4. The van der Waals surface area contributed by atoms with E-state index in [1.54, 1.807) is 19.3 Å². The van der Waals surface area contributed by atoms with E-state index in [1.165, 1.54) is 0 Å². The Morgan fingerprint density at radius 1 is 1.17 bits per heavy atom. The molecule has 1 aromatic heterocycles. The first-order valence-corrected chi connectivity index (χ1v) is 13.4. The number of aromatic nitrogens is 1. The van der Waals surface area contributed by atoms with Crippen molar-refractivity contribution >= 4 is 15.8 Å². The van der Waals surface area contributed by atoms with Crippen LogP contribution < -0.4 is 9.47 Å². The number of sulfone groups is 1. The molecule has 1 heterocycles. The fourth-order valence-corrected chi connectivity index (χ4v) is 4.35. The van der Waals surface area contributed by atoms with Gasteiger partial charge in [0.2, 0.25) is 5.88 Å². The maximum atomic E-state index is 11.7. The van der Waals surface area contributed by atoms with E-state index in [2.05, 4.69) is 4.98 Å². The number of benzene rings is 1. The number of allylic oxidation sites excluding steroid dienone is 5. The SMILES string of the molecule is CCS(=O)(=O)CCOc1cc(C)c(-c2cccc(OC=C3C=CC(CCC(=O)O)=CC3)n2)c(C)c1. The van der Waals surface area contributed by atoms with Crippen molar-refractivity contribution in [2.45, 2.75) is 40.0 Å². The molecule has 35 heavy (non-hydrogen) atoms. The molecule has 0 atom stereocenters. The van der Waals surface area contributed by atoms with Gasteiger partial charge in [0.15, 0.2) is 9.84 Å². The normalized spacial score (nSPS) is 14.6. The number of aliphatic carboxylic acids is 1. The van der Waals surface area contributed by atoms with Crippen LogP contribution in [0.2, 0.25) is 0 Å². The van der Waals surface area contributed by atoms with Crippen LogP contribution in [0.4, 0.5) is 0 Å². The van der Waals surface area contributed by atoms with E-state index < -0.39 is 15.8 Å². The number of carboxylic acids is 1. The van der Waals surface area contributed by atoms with Gasteiger partial charge in [0.25, 0.3) is 0 Å². The number of rotatable bonds is 11. The highest BCUT2D eigenvalue weighted by Crippen LogP contribution is 2.31. The standard InChI is InChI=1S/C27H31NO6S/c1-4-35(31,32)15-14-33-23-16-19(2)27(20(3)17-23)24-6-5-7-25(28-24)34-18-22-10-8-21(9-11-22)12-13-26(29)30/h5-10,16-18H,4,11-15H2,1-3H3,(H,29,30). The summed E-state index contributed by atoms with van der Waals surface area (Å²) in [6, 6.07) is 9.37. The van der Waals surface area contributed by atoms with E-state index in [1.807, 2.05) is 56.3 Å². The second-order valence-electron chi connectivity index (χ2n) is 8.40. The summed E-state index contributed by atoms with van der Waals surface area (Å²) in [5.74, 6) is 0.397. The monoisotopic (exact) mass is 497 g/mol. The fourth-order valence-electron chi connectivity index (χ4n) is 3.72. The van der Waals surface area contributed by atoms with Crippen LogP contribution >= 0.6 is 0 Å². The second kappa shape index (κ2) is 11.8. The van der Waals surface area contributed by atoms with Gasteiger partial charge in [0.1, 0.15) is 12.4 Å². The summed E-state index contributed by atoms with van der Waals surface area (Å²) < 4.78 is 34.9. The number of carbonyl (C=O) groups is 1. The number of carboxylic acid groups (broad SMARTS) is 1. The van der Waals surface area contributed by atoms with Crippen LogP contribution in [0.15, 0.2) is 66.0 Å². The second-order valence-corrected chi connectivity index (χ2v) is 10.9. The number of hydrogen-bond acceptors (Lipinski definition) is 6. The van der Waals surface area contributed by atoms with Crippen LogP contribution in [0.5, 0.6) is 11.6 Å². The predicted octanol–water partition coefficient (Wildman–Crippen LogP) is 5.19. The lowest BCUT2D eigenvalue weighted by Gasteiger charge is -2.14. The van der Waals surface area contributed by atoms with Gasteiger partial charge >= 0.3 is 5.97 Å². The van der Waals surface area contributed by atoms with E-state index in [0.717, 1.165) is 33.5 Å². The van der Waals surface area contributed by atoms with Crippen LogP contribution in [-0.2, 0) is 14.6 Å². The molecule has 0 saturated carbocycles. The van der Waals surface area contributed by atoms with Crippen LogP contribution in [0.3, 0.4) is 0 Å². The van der Waals surface area contributed by atoms with Crippen molar-refractivity contribution in [3.05, 3.63) is 77.1 Å². The molecule has 1 aliphatic carbocycles. The maximum Gasteiger partial charge on any atom is 0.303 e. The first-order chi connectivity index (χ1) is 16.7. The molecular formula is C27H31NO6S. The molecule has 0 radical (unpaired) electrons. The van der Waals surface area contributed by atoms with Gasteiger partial charge in [-0.25, -0.2) is 13.4 Å². The number of hydrogen-bond donors (Lipinski definition) is 1. The fraction of sp³-hybridized carbons (Fsp3) is 0.333. The largest absolute Gasteiger partial charge is 0.493 e. The van der Waals surface area contributed by atoms with Gasteiger partial charge in [0, 0.05) is 23.8 Å². The molecule has 1 aromatic carbocycles. The summed E-state index contributed by atoms with van der Waals surface area (Å²) in [6.45, 7) is 5.69. The summed E-state index contributed by atoms with van der Waals surface area (Å²) >= 11 is 0. The molecule has 0 fully saturated rings. The highest BCUT2D eigenvalue weighted by molar-refractivity contribution is 7.91. The van der Waals surface area contributed by atoms with Crippen molar-refractivity contribution in [3.8, 4) is 22.9 Å². The molecule has 0 amide bonds. The predicted molar refractivity (Wildman–Crippen MR) is 136 cm³/mol. The van der Waals surface area contributed by atoms with Crippen molar-refractivity contribution in [1.82, 2.24) is 4.98 Å². The Labute approximate surface area is 206 Å². The van der Waals surface area contributed by atoms with Gasteiger partial charge in [-0.3, -0.25) is 4.79 Å². The zero-order valence-corrected chi connectivity index (χ0v) is 21.1. The average molecular weight is 498 g/mol. The van der Waals surface area contributed by atoms with Gasteiger partial charge in [0.05, 0.1) is 17.7 Å². The topological polar surface area (TPSA) is 103 Å². The Morgan fingerprint density at radius 3 is 2.54 bits per heavy atom. The highest BCUT2D eigenvalue weighted by Gasteiger charge is 2.13. The van der Waals surface area contributed by atoms with E-state index in [0.29, 0.717) is 24.5 Å². The van der Waals surface area contributed by atoms with Gasteiger partial charge in [-0.15, -0.1) is 0 Å². The smallest absolute Gasteiger partial charge is 0.303 e. The molecule has 7 nitrogen and oxygen atoms in total. The lowest BCUT2D eigenvalue weighted by atomic mass is 9.99. The van der Waals surface area contributed by atoms with Crippen molar-refractivity contribution in [2.24, 2.45) is 0 Å². The molecule has 0 unspecified atom stereocenters. The number of aryl methyl sites for hydroxylation is 2. The lowest BCUT2D eigenvalue weighted by Crippen LogP contribution is -2.15. The first-order valence-electron chi connectivity index (χ1n) is 11.5. The average Bonchev–Trinajstić information content (AvgIpc) is 2.82.